The molecule has 176 valence electrons. The molecular formula is C24H34BrN3O3S. The van der Waals surface area contributed by atoms with Crippen LogP contribution >= 0.6 is 15.9 Å². The number of morpholine rings is 1. The van der Waals surface area contributed by atoms with Gasteiger partial charge in [0.15, 0.2) is 0 Å². The van der Waals surface area contributed by atoms with Gasteiger partial charge in [-0.15, -0.1) is 0 Å². The van der Waals surface area contributed by atoms with Gasteiger partial charge in [0.2, 0.25) is 0 Å². The number of benzene rings is 1. The van der Waals surface area contributed by atoms with Gasteiger partial charge in [-0.1, -0.05) is 28.1 Å². The van der Waals surface area contributed by atoms with Gasteiger partial charge in [-0.25, -0.2) is 8.42 Å². The Kier molecular flexibility index (Phi) is 7.44. The summed E-state index contributed by atoms with van der Waals surface area (Å²) in [5.41, 5.74) is 3.70. The number of aryl methyl sites for hydroxylation is 2. The van der Waals surface area contributed by atoms with E-state index in [2.05, 4.69) is 58.1 Å². The van der Waals surface area contributed by atoms with Gasteiger partial charge in [0, 0.05) is 48.0 Å². The summed E-state index contributed by atoms with van der Waals surface area (Å²) in [6.07, 6.45) is 6.45. The molecule has 2 atom stereocenters. The quantitative estimate of drug-likeness (QED) is 0.574. The average Bonchev–Trinajstić information content (AvgIpc) is 3.08. The van der Waals surface area contributed by atoms with Crippen molar-refractivity contribution in [2.24, 2.45) is 7.05 Å². The highest BCUT2D eigenvalue weighted by atomic mass is 79.9. The van der Waals surface area contributed by atoms with Gasteiger partial charge < -0.3 is 4.74 Å². The van der Waals surface area contributed by atoms with E-state index in [1.165, 1.54) is 23.2 Å². The lowest BCUT2D eigenvalue weighted by Gasteiger charge is -2.46. The lowest BCUT2D eigenvalue weighted by atomic mass is 9.82. The van der Waals surface area contributed by atoms with Crippen LogP contribution in [-0.2, 0) is 28.0 Å². The Morgan fingerprint density at radius 1 is 1.16 bits per heavy atom. The first kappa shape index (κ1) is 23.9. The largest absolute Gasteiger partial charge is 0.374 e. The van der Waals surface area contributed by atoms with E-state index in [0.717, 1.165) is 36.6 Å². The van der Waals surface area contributed by atoms with Gasteiger partial charge in [0.05, 0.1) is 24.2 Å². The average molecular weight is 525 g/mol. The van der Waals surface area contributed by atoms with Crippen molar-refractivity contribution in [3.05, 3.63) is 51.8 Å². The van der Waals surface area contributed by atoms with Crippen LogP contribution in [0.15, 0.2) is 34.8 Å². The number of nitrogens with zero attached hydrogens (tertiary/aromatic N) is 3. The van der Waals surface area contributed by atoms with Crippen LogP contribution in [0.5, 0.6) is 0 Å². The molecule has 0 radical (unpaired) electrons. The lowest BCUT2D eigenvalue weighted by Crippen LogP contribution is -2.56. The van der Waals surface area contributed by atoms with Crippen LogP contribution in [0.1, 0.15) is 48.6 Å². The third kappa shape index (κ3) is 6.01. The van der Waals surface area contributed by atoms with Crippen LogP contribution in [0.2, 0.25) is 0 Å². The van der Waals surface area contributed by atoms with E-state index >= 15 is 0 Å². The normalized spacial score (nSPS) is 27.5. The van der Waals surface area contributed by atoms with Crippen molar-refractivity contribution in [2.75, 3.05) is 25.2 Å². The first-order valence-electron chi connectivity index (χ1n) is 11.5. The Bertz CT molecular complexity index is 994. The van der Waals surface area contributed by atoms with Crippen molar-refractivity contribution >= 4 is 25.8 Å². The predicted octanol–water partition coefficient (Wildman–Crippen LogP) is 3.87. The molecule has 2 aromatic rings. The first-order valence-corrected chi connectivity index (χ1v) is 14.3. The van der Waals surface area contributed by atoms with Crippen molar-refractivity contribution in [2.45, 2.75) is 63.1 Å². The maximum absolute atomic E-state index is 11.9. The van der Waals surface area contributed by atoms with Gasteiger partial charge >= 0.3 is 0 Å². The standard InChI is InChI=1S/C24H34BrN3O3S/c1-17-12-24(26-27(17)2)19-6-10-21(11-7-19)28-14-23(16-32(3,29)30)31-15-22(28)13-18-4-8-20(25)9-5-18/h4-5,8-9,12,19,21-23H,6-7,10-11,13-16H2,1-3H3. The van der Waals surface area contributed by atoms with Crippen LogP contribution in [0.3, 0.4) is 0 Å². The summed E-state index contributed by atoms with van der Waals surface area (Å²) >= 11 is 3.51. The zero-order valence-electron chi connectivity index (χ0n) is 19.2. The van der Waals surface area contributed by atoms with E-state index in [1.807, 2.05) is 11.7 Å². The number of hydrogen-bond acceptors (Lipinski definition) is 5. The van der Waals surface area contributed by atoms with Crippen molar-refractivity contribution in [3.63, 3.8) is 0 Å². The van der Waals surface area contributed by atoms with Gasteiger partial charge in [-0.3, -0.25) is 9.58 Å². The fourth-order valence-corrected chi connectivity index (χ4v) is 6.37. The summed E-state index contributed by atoms with van der Waals surface area (Å²) in [5.74, 6) is 0.612. The summed E-state index contributed by atoms with van der Waals surface area (Å²) in [7, 11) is -1.07. The molecule has 0 N–H and O–H groups in total. The highest BCUT2D eigenvalue weighted by Gasteiger charge is 2.37. The number of aromatic nitrogens is 2. The van der Waals surface area contributed by atoms with Crippen LogP contribution in [0.4, 0.5) is 0 Å². The van der Waals surface area contributed by atoms with Crippen LogP contribution < -0.4 is 0 Å². The molecule has 0 amide bonds. The van der Waals surface area contributed by atoms with Gasteiger partial charge in [-0.2, -0.15) is 5.10 Å². The third-order valence-corrected chi connectivity index (χ3v) is 8.50. The molecular weight excluding hydrogens is 490 g/mol. The van der Waals surface area contributed by atoms with E-state index in [-0.39, 0.29) is 17.9 Å². The molecule has 1 aliphatic heterocycles. The maximum Gasteiger partial charge on any atom is 0.150 e. The minimum Gasteiger partial charge on any atom is -0.374 e. The second kappa shape index (κ2) is 9.95. The van der Waals surface area contributed by atoms with E-state index < -0.39 is 9.84 Å². The molecule has 1 aliphatic carbocycles. The molecule has 1 saturated heterocycles. The number of ether oxygens (including phenoxy) is 1. The number of rotatable bonds is 6. The molecule has 0 bridgehead atoms. The van der Waals surface area contributed by atoms with Crippen LogP contribution in [0, 0.1) is 6.92 Å². The van der Waals surface area contributed by atoms with Crippen molar-refractivity contribution in [1.29, 1.82) is 0 Å². The Balaban J connectivity index is 1.46. The molecule has 1 aromatic heterocycles. The SMILES string of the molecule is Cc1cc(C2CCC(N3CC(CS(C)(=O)=O)OCC3Cc3ccc(Br)cc3)CC2)nn1C. The minimum atomic E-state index is -3.07. The summed E-state index contributed by atoms with van der Waals surface area (Å²) < 4.78 is 32.9. The van der Waals surface area contributed by atoms with Gasteiger partial charge in [0.1, 0.15) is 9.84 Å². The van der Waals surface area contributed by atoms with Crippen LogP contribution in [-0.4, -0.2) is 66.4 Å². The molecule has 1 saturated carbocycles. The Morgan fingerprint density at radius 2 is 1.84 bits per heavy atom. The second-order valence-electron chi connectivity index (χ2n) is 9.57. The summed E-state index contributed by atoms with van der Waals surface area (Å²) in [4.78, 5) is 2.56. The second-order valence-corrected chi connectivity index (χ2v) is 12.7. The molecule has 2 unspecified atom stereocenters. The Morgan fingerprint density at radius 3 is 2.44 bits per heavy atom. The molecule has 2 fully saturated rings. The topological polar surface area (TPSA) is 64.4 Å². The fourth-order valence-electron chi connectivity index (χ4n) is 5.23. The summed E-state index contributed by atoms with van der Waals surface area (Å²) in [6, 6.07) is 11.4. The van der Waals surface area contributed by atoms with Crippen LogP contribution in [0.25, 0.3) is 0 Å². The highest BCUT2D eigenvalue weighted by molar-refractivity contribution is 9.10. The van der Waals surface area contributed by atoms with Gasteiger partial charge in [-0.05, 0) is 62.8 Å². The highest BCUT2D eigenvalue weighted by Crippen LogP contribution is 2.36. The summed E-state index contributed by atoms with van der Waals surface area (Å²) in [6.45, 7) is 3.37. The zero-order valence-corrected chi connectivity index (χ0v) is 21.6. The monoisotopic (exact) mass is 523 g/mol. The number of hydrogen-bond donors (Lipinski definition) is 0. The predicted molar refractivity (Wildman–Crippen MR) is 131 cm³/mol. The number of halogens is 1. The third-order valence-electron chi connectivity index (χ3n) is 7.00. The molecule has 32 heavy (non-hydrogen) atoms. The van der Waals surface area contributed by atoms with E-state index in [4.69, 9.17) is 9.84 Å². The maximum atomic E-state index is 11.9. The van der Waals surface area contributed by atoms with Crippen molar-refractivity contribution in [1.82, 2.24) is 14.7 Å². The Hall–Kier alpha value is -1.22. The smallest absolute Gasteiger partial charge is 0.150 e. The summed E-state index contributed by atoms with van der Waals surface area (Å²) in [5, 5.41) is 4.71. The Labute approximate surface area is 200 Å². The first-order chi connectivity index (χ1) is 15.2. The fraction of sp³-hybridized carbons (Fsp3) is 0.625. The zero-order chi connectivity index (χ0) is 22.9. The molecule has 2 aliphatic rings. The number of sulfone groups is 1. The molecule has 1 aromatic carbocycles. The van der Waals surface area contributed by atoms with E-state index in [0.29, 0.717) is 25.1 Å². The minimum absolute atomic E-state index is 0.0943. The molecule has 0 spiro atoms. The molecule has 2 heterocycles. The van der Waals surface area contributed by atoms with E-state index in [9.17, 15) is 8.42 Å². The van der Waals surface area contributed by atoms with Crippen molar-refractivity contribution in [3.8, 4) is 0 Å². The van der Waals surface area contributed by atoms with E-state index in [1.54, 1.807) is 0 Å². The molecule has 8 heteroatoms. The van der Waals surface area contributed by atoms with Gasteiger partial charge in [0.25, 0.3) is 0 Å². The van der Waals surface area contributed by atoms with Crippen molar-refractivity contribution < 1.29 is 13.2 Å². The molecule has 6 nitrogen and oxygen atoms in total. The lowest BCUT2D eigenvalue weighted by molar-refractivity contribution is -0.0755. The molecule has 4 rings (SSSR count).